The SMILES string of the molecule is COc1ccccc1OC(C)CNC(=O)/C=C/c1cscn1. The van der Waals surface area contributed by atoms with E-state index in [2.05, 4.69) is 10.3 Å². The fourth-order valence-electron chi connectivity index (χ4n) is 1.74. The first kappa shape index (κ1) is 16.0. The maximum atomic E-state index is 11.7. The molecule has 0 aliphatic heterocycles. The minimum atomic E-state index is -0.177. The molecule has 1 atom stereocenters. The van der Waals surface area contributed by atoms with Crippen LogP contribution in [0.15, 0.2) is 41.2 Å². The van der Waals surface area contributed by atoms with Gasteiger partial charge < -0.3 is 14.8 Å². The molecule has 6 heteroatoms. The van der Waals surface area contributed by atoms with Gasteiger partial charge in [0.1, 0.15) is 6.10 Å². The second-order valence-corrected chi connectivity index (χ2v) is 5.29. The zero-order chi connectivity index (χ0) is 15.8. The predicted molar refractivity (Wildman–Crippen MR) is 87.2 cm³/mol. The lowest BCUT2D eigenvalue weighted by atomic mass is 10.3. The summed E-state index contributed by atoms with van der Waals surface area (Å²) in [7, 11) is 1.60. The maximum absolute atomic E-state index is 11.7. The van der Waals surface area contributed by atoms with Crippen molar-refractivity contribution >= 4 is 23.3 Å². The molecular weight excluding hydrogens is 300 g/mol. The summed E-state index contributed by atoms with van der Waals surface area (Å²) >= 11 is 1.49. The molecule has 116 valence electrons. The van der Waals surface area contributed by atoms with Crippen molar-refractivity contribution in [3.05, 3.63) is 46.9 Å². The van der Waals surface area contributed by atoms with Gasteiger partial charge in [0.25, 0.3) is 0 Å². The van der Waals surface area contributed by atoms with Gasteiger partial charge in [-0.15, -0.1) is 11.3 Å². The first-order valence-corrected chi connectivity index (χ1v) is 7.77. The molecule has 0 fully saturated rings. The number of para-hydroxylation sites is 2. The number of nitrogens with zero attached hydrogens (tertiary/aromatic N) is 1. The van der Waals surface area contributed by atoms with Crippen molar-refractivity contribution < 1.29 is 14.3 Å². The second-order valence-electron chi connectivity index (χ2n) is 4.57. The van der Waals surface area contributed by atoms with Crippen LogP contribution in [-0.2, 0) is 4.79 Å². The number of rotatable bonds is 7. The molecule has 0 aliphatic rings. The van der Waals surface area contributed by atoms with E-state index in [1.165, 1.54) is 17.4 Å². The highest BCUT2D eigenvalue weighted by Crippen LogP contribution is 2.26. The van der Waals surface area contributed by atoms with Gasteiger partial charge in [-0.3, -0.25) is 4.79 Å². The van der Waals surface area contributed by atoms with E-state index in [0.29, 0.717) is 18.0 Å². The van der Waals surface area contributed by atoms with Crippen LogP contribution in [0.1, 0.15) is 12.6 Å². The van der Waals surface area contributed by atoms with Crippen molar-refractivity contribution in [3.63, 3.8) is 0 Å². The smallest absolute Gasteiger partial charge is 0.244 e. The molecule has 0 aliphatic carbocycles. The number of ether oxygens (including phenoxy) is 2. The van der Waals surface area contributed by atoms with E-state index in [-0.39, 0.29) is 12.0 Å². The predicted octanol–water partition coefficient (Wildman–Crippen LogP) is 2.75. The Bertz CT molecular complexity index is 626. The molecule has 0 saturated carbocycles. The zero-order valence-electron chi connectivity index (χ0n) is 12.5. The zero-order valence-corrected chi connectivity index (χ0v) is 13.3. The third kappa shape index (κ3) is 4.89. The number of aromatic nitrogens is 1. The first-order valence-electron chi connectivity index (χ1n) is 6.83. The maximum Gasteiger partial charge on any atom is 0.244 e. The van der Waals surface area contributed by atoms with Gasteiger partial charge in [-0.2, -0.15) is 0 Å². The number of methoxy groups -OCH3 is 1. The van der Waals surface area contributed by atoms with E-state index in [1.807, 2.05) is 36.6 Å². The van der Waals surface area contributed by atoms with Gasteiger partial charge in [0.05, 0.1) is 24.9 Å². The summed E-state index contributed by atoms with van der Waals surface area (Å²) in [4.78, 5) is 15.8. The molecule has 0 radical (unpaired) electrons. The number of thiazole rings is 1. The number of carbonyl (C=O) groups excluding carboxylic acids is 1. The van der Waals surface area contributed by atoms with Crippen LogP contribution in [0.5, 0.6) is 11.5 Å². The third-order valence-corrected chi connectivity index (χ3v) is 3.42. The van der Waals surface area contributed by atoms with Gasteiger partial charge in [-0.25, -0.2) is 4.98 Å². The highest BCUT2D eigenvalue weighted by atomic mass is 32.1. The van der Waals surface area contributed by atoms with Gasteiger partial charge in [-0.05, 0) is 25.1 Å². The molecular formula is C16H18N2O3S. The Kier molecular flexibility index (Phi) is 5.97. The first-order chi connectivity index (χ1) is 10.7. The van der Waals surface area contributed by atoms with Crippen LogP contribution in [0.4, 0.5) is 0 Å². The van der Waals surface area contributed by atoms with E-state index < -0.39 is 0 Å². The lowest BCUT2D eigenvalue weighted by Gasteiger charge is -2.16. The Balaban J connectivity index is 1.80. The van der Waals surface area contributed by atoms with Crippen molar-refractivity contribution in [3.8, 4) is 11.5 Å². The number of hydrogen-bond donors (Lipinski definition) is 1. The van der Waals surface area contributed by atoms with Gasteiger partial charge in [0.15, 0.2) is 11.5 Å². The van der Waals surface area contributed by atoms with E-state index in [9.17, 15) is 4.79 Å². The second kappa shape index (κ2) is 8.19. The van der Waals surface area contributed by atoms with Gasteiger partial charge in [0, 0.05) is 11.5 Å². The average molecular weight is 318 g/mol. The minimum Gasteiger partial charge on any atom is -0.493 e. The van der Waals surface area contributed by atoms with Crippen LogP contribution in [-0.4, -0.2) is 30.6 Å². The Hall–Kier alpha value is -2.34. The standard InChI is InChI=1S/C16H18N2O3S/c1-12(21-15-6-4-3-5-14(15)20-2)9-17-16(19)8-7-13-10-22-11-18-13/h3-8,10-12H,9H2,1-2H3,(H,17,19)/b8-7+. The number of hydrogen-bond acceptors (Lipinski definition) is 5. The monoisotopic (exact) mass is 318 g/mol. The van der Waals surface area contributed by atoms with Crippen LogP contribution in [0.25, 0.3) is 6.08 Å². The molecule has 1 N–H and O–H groups in total. The van der Waals surface area contributed by atoms with Gasteiger partial charge in [-0.1, -0.05) is 12.1 Å². The molecule has 0 saturated heterocycles. The number of nitrogens with one attached hydrogen (secondary N) is 1. The summed E-state index contributed by atoms with van der Waals surface area (Å²) in [5, 5.41) is 4.66. The molecule has 2 aromatic rings. The summed E-state index contributed by atoms with van der Waals surface area (Å²) in [5.41, 5.74) is 2.50. The summed E-state index contributed by atoms with van der Waals surface area (Å²) < 4.78 is 11.0. The van der Waals surface area contributed by atoms with E-state index in [0.717, 1.165) is 5.69 Å². The molecule has 1 unspecified atom stereocenters. The van der Waals surface area contributed by atoms with Gasteiger partial charge >= 0.3 is 0 Å². The highest BCUT2D eigenvalue weighted by Gasteiger charge is 2.09. The van der Waals surface area contributed by atoms with E-state index in [1.54, 1.807) is 18.7 Å². The molecule has 1 heterocycles. The summed E-state index contributed by atoms with van der Waals surface area (Å²) in [6.45, 7) is 2.29. The number of carbonyl (C=O) groups is 1. The fraction of sp³-hybridized carbons (Fsp3) is 0.250. The van der Waals surface area contributed by atoms with Crippen LogP contribution in [0, 0.1) is 0 Å². The molecule has 5 nitrogen and oxygen atoms in total. The topological polar surface area (TPSA) is 60.5 Å². The van der Waals surface area contributed by atoms with Crippen LogP contribution < -0.4 is 14.8 Å². The number of amides is 1. The lowest BCUT2D eigenvalue weighted by molar-refractivity contribution is -0.116. The van der Waals surface area contributed by atoms with Crippen molar-refractivity contribution in [2.24, 2.45) is 0 Å². The van der Waals surface area contributed by atoms with Crippen LogP contribution >= 0.6 is 11.3 Å². The normalized spacial score (nSPS) is 12.1. The summed E-state index contributed by atoms with van der Waals surface area (Å²) in [6.07, 6.45) is 2.97. The molecule has 1 aromatic carbocycles. The molecule has 0 bridgehead atoms. The summed E-state index contributed by atoms with van der Waals surface area (Å²) in [5.74, 6) is 1.15. The van der Waals surface area contributed by atoms with E-state index >= 15 is 0 Å². The van der Waals surface area contributed by atoms with Crippen molar-refractivity contribution in [2.75, 3.05) is 13.7 Å². The molecule has 22 heavy (non-hydrogen) atoms. The average Bonchev–Trinajstić information content (AvgIpc) is 3.05. The molecule has 1 amide bonds. The lowest BCUT2D eigenvalue weighted by Crippen LogP contribution is -2.32. The Morgan fingerprint density at radius 3 is 2.86 bits per heavy atom. The quantitative estimate of drug-likeness (QED) is 0.798. The third-order valence-electron chi connectivity index (χ3n) is 2.82. The molecule has 0 spiro atoms. The number of benzene rings is 1. The van der Waals surface area contributed by atoms with Crippen molar-refractivity contribution in [1.29, 1.82) is 0 Å². The van der Waals surface area contributed by atoms with Crippen LogP contribution in [0.3, 0.4) is 0 Å². The molecule has 2 rings (SSSR count). The van der Waals surface area contributed by atoms with E-state index in [4.69, 9.17) is 9.47 Å². The van der Waals surface area contributed by atoms with Crippen LogP contribution in [0.2, 0.25) is 0 Å². The van der Waals surface area contributed by atoms with Gasteiger partial charge in [0.2, 0.25) is 5.91 Å². The van der Waals surface area contributed by atoms with Crippen molar-refractivity contribution in [2.45, 2.75) is 13.0 Å². The van der Waals surface area contributed by atoms with Crippen molar-refractivity contribution in [1.82, 2.24) is 10.3 Å². The Morgan fingerprint density at radius 2 is 2.18 bits per heavy atom. The Morgan fingerprint density at radius 1 is 1.41 bits per heavy atom. The fourth-order valence-corrected chi connectivity index (χ4v) is 2.27. The summed E-state index contributed by atoms with van der Waals surface area (Å²) in [6, 6.07) is 7.41. The Labute approximate surface area is 133 Å². The minimum absolute atomic E-state index is 0.173. The molecule has 1 aromatic heterocycles. The largest absolute Gasteiger partial charge is 0.493 e. The highest BCUT2D eigenvalue weighted by molar-refractivity contribution is 7.07.